The zero-order valence-electron chi connectivity index (χ0n) is 22.3. The van der Waals surface area contributed by atoms with Crippen molar-refractivity contribution in [1.29, 1.82) is 0 Å². The fourth-order valence-corrected chi connectivity index (χ4v) is 5.05. The van der Waals surface area contributed by atoms with E-state index in [2.05, 4.69) is 50.1 Å². The van der Waals surface area contributed by atoms with Crippen molar-refractivity contribution in [2.45, 2.75) is 31.5 Å². The Balaban J connectivity index is 1.29. The monoisotopic (exact) mass is 529 g/mol. The predicted molar refractivity (Wildman–Crippen MR) is 150 cm³/mol. The van der Waals surface area contributed by atoms with Crippen molar-refractivity contribution in [3.8, 4) is 11.5 Å². The number of aromatic nitrogens is 1. The maximum atomic E-state index is 12.8. The summed E-state index contributed by atoms with van der Waals surface area (Å²) in [4.78, 5) is 19.3. The van der Waals surface area contributed by atoms with Gasteiger partial charge in [0, 0.05) is 55.3 Å². The van der Waals surface area contributed by atoms with Gasteiger partial charge >= 0.3 is 0 Å². The van der Waals surface area contributed by atoms with Gasteiger partial charge < -0.3 is 30.5 Å². The van der Waals surface area contributed by atoms with Crippen LogP contribution in [0.2, 0.25) is 0 Å². The van der Waals surface area contributed by atoms with E-state index in [4.69, 9.17) is 9.47 Å². The lowest BCUT2D eigenvalue weighted by molar-refractivity contribution is 0.0967. The number of aliphatic hydroxyl groups excluding tert-OH is 1. The molecule has 1 fully saturated rings. The van der Waals surface area contributed by atoms with Gasteiger partial charge in [-0.25, -0.2) is 4.98 Å². The van der Waals surface area contributed by atoms with Crippen molar-refractivity contribution in [3.63, 3.8) is 0 Å². The molecule has 2 aromatic carbocycles. The number of methoxy groups -OCH3 is 2. The van der Waals surface area contributed by atoms with E-state index in [1.807, 2.05) is 18.2 Å². The summed E-state index contributed by atoms with van der Waals surface area (Å²) in [6.07, 6.45) is 4.76. The number of nitrogens with zero attached hydrogens (tertiary/aromatic N) is 2. The number of aliphatic hydroxyl groups is 1. The summed E-state index contributed by atoms with van der Waals surface area (Å²) in [6.45, 7) is 2.58. The van der Waals surface area contributed by atoms with E-state index in [1.54, 1.807) is 32.5 Å². The van der Waals surface area contributed by atoms with Crippen LogP contribution in [-0.2, 0) is 19.4 Å². The number of pyridine rings is 1. The smallest absolute Gasteiger partial charge is 0.255 e. The number of ether oxygens (including phenoxy) is 2. The third-order valence-electron chi connectivity index (χ3n) is 7.30. The molecule has 4 N–H and O–H groups in total. The Morgan fingerprint density at radius 1 is 1.10 bits per heavy atom. The van der Waals surface area contributed by atoms with Crippen LogP contribution in [0.15, 0.2) is 72.8 Å². The lowest BCUT2D eigenvalue weighted by atomic mass is 10.1. The van der Waals surface area contributed by atoms with Gasteiger partial charge in [-0.2, -0.15) is 0 Å². The lowest BCUT2D eigenvalue weighted by Crippen LogP contribution is -2.51. The summed E-state index contributed by atoms with van der Waals surface area (Å²) in [7, 11) is 3.27. The Hall–Kier alpha value is -4.08. The number of amides is 1. The number of nitrogens with one attached hydrogen (secondary N) is 3. The SMILES string of the molecule is COc1ccc(CN(C/C(O)=C/NC(=O)c2ccnc(NC3CNC3)c2)C2Cc3ccccc3C2)c(OC)c1. The standard InChI is InChI=1S/C30H35N5O4/c1-38-27-8-7-23(28(14-27)39-2)18-35(25-11-20-5-3-4-6-21(20)12-25)19-26(36)17-33-30(37)22-9-10-32-29(13-22)34-24-15-31-16-24/h3-10,13-14,17,24-25,31,36H,11-12,15-16,18-19H2,1-2H3,(H,32,34)(H,33,37)/b26-17-. The summed E-state index contributed by atoms with van der Waals surface area (Å²) in [5.41, 5.74) is 4.11. The first-order valence-corrected chi connectivity index (χ1v) is 13.2. The van der Waals surface area contributed by atoms with E-state index in [0.29, 0.717) is 24.0 Å². The number of anilines is 1. The zero-order valence-corrected chi connectivity index (χ0v) is 22.3. The summed E-state index contributed by atoms with van der Waals surface area (Å²) in [5.74, 6) is 1.86. The third-order valence-corrected chi connectivity index (χ3v) is 7.30. The fourth-order valence-electron chi connectivity index (χ4n) is 5.05. The molecule has 0 saturated carbocycles. The minimum atomic E-state index is -0.310. The maximum absolute atomic E-state index is 12.8. The molecule has 9 nitrogen and oxygen atoms in total. The molecule has 204 valence electrons. The molecular weight excluding hydrogens is 494 g/mol. The lowest BCUT2D eigenvalue weighted by Gasteiger charge is -2.29. The highest BCUT2D eigenvalue weighted by atomic mass is 16.5. The molecule has 0 radical (unpaired) electrons. The molecule has 5 rings (SSSR count). The average molecular weight is 530 g/mol. The van der Waals surface area contributed by atoms with E-state index in [9.17, 15) is 9.90 Å². The predicted octanol–water partition coefficient (Wildman–Crippen LogP) is 3.28. The van der Waals surface area contributed by atoms with Crippen molar-refractivity contribution in [1.82, 2.24) is 20.5 Å². The highest BCUT2D eigenvalue weighted by Crippen LogP contribution is 2.30. The average Bonchev–Trinajstić information content (AvgIpc) is 3.38. The highest BCUT2D eigenvalue weighted by Gasteiger charge is 2.28. The summed E-state index contributed by atoms with van der Waals surface area (Å²) >= 11 is 0. The number of fused-ring (bicyclic) bond motifs is 1. The Bertz CT molecular complexity index is 1320. The van der Waals surface area contributed by atoms with E-state index in [1.165, 1.54) is 17.3 Å². The molecular formula is C30H35N5O4. The second-order valence-electron chi connectivity index (χ2n) is 9.95. The minimum absolute atomic E-state index is 0.0692. The van der Waals surface area contributed by atoms with Gasteiger partial charge in [0.15, 0.2) is 0 Å². The Labute approximate surface area is 228 Å². The molecule has 3 aromatic rings. The third kappa shape index (κ3) is 6.50. The van der Waals surface area contributed by atoms with Gasteiger partial charge in [-0.05, 0) is 42.2 Å². The van der Waals surface area contributed by atoms with Crippen LogP contribution in [0, 0.1) is 0 Å². The van der Waals surface area contributed by atoms with E-state index >= 15 is 0 Å². The molecule has 0 atom stereocenters. The van der Waals surface area contributed by atoms with Crippen molar-refractivity contribution in [2.75, 3.05) is 39.2 Å². The number of hydrogen-bond donors (Lipinski definition) is 4. The molecule has 0 spiro atoms. The minimum Gasteiger partial charge on any atom is -0.509 e. The van der Waals surface area contributed by atoms with E-state index in [-0.39, 0.29) is 24.3 Å². The number of benzene rings is 2. The first-order valence-electron chi connectivity index (χ1n) is 13.2. The fraction of sp³-hybridized carbons (Fsp3) is 0.333. The summed E-state index contributed by atoms with van der Waals surface area (Å²) in [5, 5.41) is 20.1. The number of carbonyl (C=O) groups is 1. The van der Waals surface area contributed by atoms with Gasteiger partial charge in [0.1, 0.15) is 23.1 Å². The van der Waals surface area contributed by atoms with Crippen LogP contribution in [0.5, 0.6) is 11.5 Å². The van der Waals surface area contributed by atoms with Crippen LogP contribution in [0.1, 0.15) is 27.0 Å². The van der Waals surface area contributed by atoms with Gasteiger partial charge in [0.05, 0.1) is 26.8 Å². The molecule has 1 aliphatic heterocycles. The van der Waals surface area contributed by atoms with Crippen molar-refractivity contribution in [2.24, 2.45) is 0 Å². The molecule has 0 unspecified atom stereocenters. The Kier molecular flexibility index (Phi) is 8.29. The maximum Gasteiger partial charge on any atom is 0.255 e. The van der Waals surface area contributed by atoms with Crippen LogP contribution in [0.25, 0.3) is 0 Å². The van der Waals surface area contributed by atoms with Crippen LogP contribution >= 0.6 is 0 Å². The van der Waals surface area contributed by atoms with Crippen LogP contribution in [-0.4, -0.2) is 66.8 Å². The second kappa shape index (κ2) is 12.2. The molecule has 39 heavy (non-hydrogen) atoms. The molecule has 0 bridgehead atoms. The van der Waals surface area contributed by atoms with Crippen molar-refractivity contribution in [3.05, 3.63) is 95.0 Å². The van der Waals surface area contributed by atoms with E-state index in [0.717, 1.165) is 43.0 Å². The summed E-state index contributed by atoms with van der Waals surface area (Å²) < 4.78 is 11.0. The molecule has 1 saturated heterocycles. The van der Waals surface area contributed by atoms with Crippen LogP contribution in [0.3, 0.4) is 0 Å². The highest BCUT2D eigenvalue weighted by molar-refractivity contribution is 5.95. The molecule has 1 amide bonds. The zero-order chi connectivity index (χ0) is 27.2. The Morgan fingerprint density at radius 2 is 1.87 bits per heavy atom. The quantitative estimate of drug-likeness (QED) is 0.281. The van der Waals surface area contributed by atoms with Gasteiger partial charge in [0.2, 0.25) is 0 Å². The van der Waals surface area contributed by atoms with Gasteiger partial charge in [0.25, 0.3) is 5.91 Å². The van der Waals surface area contributed by atoms with Crippen LogP contribution in [0.4, 0.5) is 5.82 Å². The molecule has 1 aromatic heterocycles. The Morgan fingerprint density at radius 3 is 2.54 bits per heavy atom. The second-order valence-corrected chi connectivity index (χ2v) is 9.95. The molecule has 1 aliphatic carbocycles. The normalized spacial score (nSPS) is 15.5. The first kappa shape index (κ1) is 26.5. The van der Waals surface area contributed by atoms with Gasteiger partial charge in [-0.3, -0.25) is 9.69 Å². The molecule has 2 aliphatic rings. The first-order chi connectivity index (χ1) is 19.0. The largest absolute Gasteiger partial charge is 0.509 e. The van der Waals surface area contributed by atoms with Crippen molar-refractivity contribution >= 4 is 11.7 Å². The van der Waals surface area contributed by atoms with Crippen LogP contribution < -0.4 is 25.4 Å². The summed E-state index contributed by atoms with van der Waals surface area (Å²) in [6, 6.07) is 18.1. The van der Waals surface area contributed by atoms with Gasteiger partial charge in [-0.1, -0.05) is 30.3 Å². The number of rotatable bonds is 11. The number of hydrogen-bond acceptors (Lipinski definition) is 8. The van der Waals surface area contributed by atoms with Crippen molar-refractivity contribution < 1.29 is 19.4 Å². The van der Waals surface area contributed by atoms with Gasteiger partial charge in [-0.15, -0.1) is 0 Å². The molecule has 9 heteroatoms. The topological polar surface area (TPSA) is 108 Å². The van der Waals surface area contributed by atoms with E-state index < -0.39 is 0 Å². The number of carbonyl (C=O) groups excluding carboxylic acids is 1. The molecule has 2 heterocycles.